The Morgan fingerprint density at radius 1 is 1.20 bits per heavy atom. The summed E-state index contributed by atoms with van der Waals surface area (Å²) in [5, 5.41) is 3.23. The van der Waals surface area contributed by atoms with Crippen molar-refractivity contribution in [2.75, 3.05) is 18.5 Å². The van der Waals surface area contributed by atoms with Gasteiger partial charge in [-0.3, -0.25) is 9.20 Å². The van der Waals surface area contributed by atoms with Crippen LogP contribution in [0.3, 0.4) is 0 Å². The molecule has 3 aromatic rings. The quantitative estimate of drug-likeness (QED) is 0.717. The van der Waals surface area contributed by atoms with E-state index in [1.807, 2.05) is 29.5 Å². The molecule has 130 valence electrons. The summed E-state index contributed by atoms with van der Waals surface area (Å²) in [4.78, 5) is 16.7. The number of pyridine rings is 1. The second-order valence-electron chi connectivity index (χ2n) is 6.15. The molecule has 0 radical (unpaired) electrons. The van der Waals surface area contributed by atoms with Gasteiger partial charge in [-0.2, -0.15) is 0 Å². The highest BCUT2D eigenvalue weighted by Gasteiger charge is 2.18. The standard InChI is InChI=1S/C20H23N3O2/c1-5-25-18(24)12-21-20-19(16-9-7-6-8-14(16)3)22-17-11-13(2)10-15(4)23(17)20/h6-11,21H,5,12H2,1-4H3. The van der Waals surface area contributed by atoms with Crippen LogP contribution in [0.15, 0.2) is 36.4 Å². The van der Waals surface area contributed by atoms with Crippen molar-refractivity contribution in [3.63, 3.8) is 0 Å². The minimum Gasteiger partial charge on any atom is -0.465 e. The highest BCUT2D eigenvalue weighted by atomic mass is 16.5. The zero-order valence-corrected chi connectivity index (χ0v) is 15.1. The smallest absolute Gasteiger partial charge is 0.325 e. The first-order valence-corrected chi connectivity index (χ1v) is 8.46. The predicted molar refractivity (Wildman–Crippen MR) is 100.0 cm³/mol. The Kier molecular flexibility index (Phi) is 4.74. The number of imidazole rings is 1. The molecule has 0 atom stereocenters. The summed E-state index contributed by atoms with van der Waals surface area (Å²) >= 11 is 0. The van der Waals surface area contributed by atoms with Gasteiger partial charge < -0.3 is 10.1 Å². The maximum absolute atomic E-state index is 11.8. The van der Waals surface area contributed by atoms with E-state index < -0.39 is 0 Å². The second kappa shape index (κ2) is 6.97. The van der Waals surface area contributed by atoms with E-state index in [2.05, 4.69) is 37.4 Å². The number of hydrogen-bond acceptors (Lipinski definition) is 4. The van der Waals surface area contributed by atoms with Crippen molar-refractivity contribution in [3.8, 4) is 11.3 Å². The average Bonchev–Trinajstić information content (AvgIpc) is 2.92. The first kappa shape index (κ1) is 17.0. The Labute approximate surface area is 147 Å². The van der Waals surface area contributed by atoms with Crippen molar-refractivity contribution < 1.29 is 9.53 Å². The van der Waals surface area contributed by atoms with Gasteiger partial charge in [0.1, 0.15) is 23.7 Å². The molecule has 5 heteroatoms. The lowest BCUT2D eigenvalue weighted by Crippen LogP contribution is -2.18. The monoisotopic (exact) mass is 337 g/mol. The van der Waals surface area contributed by atoms with Crippen LogP contribution in [0.2, 0.25) is 0 Å². The van der Waals surface area contributed by atoms with Gasteiger partial charge in [-0.25, -0.2) is 4.98 Å². The topological polar surface area (TPSA) is 55.6 Å². The van der Waals surface area contributed by atoms with Crippen LogP contribution in [0.25, 0.3) is 16.9 Å². The fourth-order valence-electron chi connectivity index (χ4n) is 3.09. The third-order valence-corrected chi connectivity index (χ3v) is 4.16. The molecule has 0 saturated carbocycles. The summed E-state index contributed by atoms with van der Waals surface area (Å²) in [5.41, 5.74) is 6.12. The van der Waals surface area contributed by atoms with Gasteiger partial charge in [-0.15, -0.1) is 0 Å². The van der Waals surface area contributed by atoms with E-state index in [-0.39, 0.29) is 12.5 Å². The van der Waals surface area contributed by atoms with Crippen LogP contribution in [0, 0.1) is 20.8 Å². The molecule has 5 nitrogen and oxygen atoms in total. The van der Waals surface area contributed by atoms with E-state index in [1.165, 1.54) is 0 Å². The molecule has 3 rings (SSSR count). The number of carbonyl (C=O) groups excluding carboxylic acids is 1. The van der Waals surface area contributed by atoms with E-state index in [9.17, 15) is 4.79 Å². The first-order valence-electron chi connectivity index (χ1n) is 8.46. The highest BCUT2D eigenvalue weighted by molar-refractivity contribution is 5.82. The van der Waals surface area contributed by atoms with Crippen LogP contribution >= 0.6 is 0 Å². The van der Waals surface area contributed by atoms with E-state index in [4.69, 9.17) is 9.72 Å². The molecule has 1 aromatic carbocycles. The van der Waals surface area contributed by atoms with Gasteiger partial charge in [0, 0.05) is 11.3 Å². The number of nitrogens with zero attached hydrogens (tertiary/aromatic N) is 2. The van der Waals surface area contributed by atoms with Crippen molar-refractivity contribution in [1.29, 1.82) is 0 Å². The summed E-state index contributed by atoms with van der Waals surface area (Å²) in [6.07, 6.45) is 0. The minimum absolute atomic E-state index is 0.105. The first-order chi connectivity index (χ1) is 12.0. The number of aromatic nitrogens is 2. The molecule has 0 aliphatic rings. The van der Waals surface area contributed by atoms with Crippen LogP contribution in [-0.2, 0) is 9.53 Å². The molecule has 25 heavy (non-hydrogen) atoms. The minimum atomic E-state index is -0.280. The molecule has 0 saturated heterocycles. The maximum atomic E-state index is 11.8. The number of fused-ring (bicyclic) bond motifs is 1. The number of aryl methyl sites for hydroxylation is 3. The molecule has 0 unspecified atom stereocenters. The summed E-state index contributed by atoms with van der Waals surface area (Å²) in [6.45, 7) is 8.44. The Morgan fingerprint density at radius 2 is 1.96 bits per heavy atom. The Balaban J connectivity index is 2.15. The fourth-order valence-corrected chi connectivity index (χ4v) is 3.09. The molecule has 0 fully saturated rings. The number of carbonyl (C=O) groups is 1. The number of benzene rings is 1. The molecule has 0 bridgehead atoms. The molecular weight excluding hydrogens is 314 g/mol. The van der Waals surface area contributed by atoms with Crippen molar-refractivity contribution >= 4 is 17.4 Å². The number of anilines is 1. The molecule has 0 aliphatic heterocycles. The van der Waals surface area contributed by atoms with Gasteiger partial charge in [0.05, 0.1) is 6.61 Å². The number of ether oxygens (including phenoxy) is 1. The molecule has 2 heterocycles. The Morgan fingerprint density at radius 3 is 2.68 bits per heavy atom. The van der Waals surface area contributed by atoms with Crippen LogP contribution in [-0.4, -0.2) is 28.5 Å². The SMILES string of the molecule is CCOC(=O)CNc1c(-c2ccccc2C)nc2cc(C)cc(C)n12. The van der Waals surface area contributed by atoms with E-state index >= 15 is 0 Å². The van der Waals surface area contributed by atoms with Gasteiger partial charge in [0.2, 0.25) is 0 Å². The van der Waals surface area contributed by atoms with Crippen molar-refractivity contribution in [2.24, 2.45) is 0 Å². The van der Waals surface area contributed by atoms with Gasteiger partial charge in [-0.1, -0.05) is 24.3 Å². The third-order valence-electron chi connectivity index (χ3n) is 4.16. The van der Waals surface area contributed by atoms with Gasteiger partial charge in [0.25, 0.3) is 0 Å². The average molecular weight is 337 g/mol. The Hall–Kier alpha value is -2.82. The lowest BCUT2D eigenvalue weighted by molar-refractivity contribution is -0.140. The summed E-state index contributed by atoms with van der Waals surface area (Å²) in [5.74, 6) is 0.535. The van der Waals surface area contributed by atoms with Crippen LogP contribution in [0.4, 0.5) is 5.82 Å². The summed E-state index contributed by atoms with van der Waals surface area (Å²) in [7, 11) is 0. The number of rotatable bonds is 5. The van der Waals surface area contributed by atoms with E-state index in [0.717, 1.165) is 39.5 Å². The molecule has 1 N–H and O–H groups in total. The largest absolute Gasteiger partial charge is 0.465 e. The lowest BCUT2D eigenvalue weighted by atomic mass is 10.1. The molecule has 2 aromatic heterocycles. The second-order valence-corrected chi connectivity index (χ2v) is 6.15. The molecule has 0 spiro atoms. The van der Waals surface area contributed by atoms with Crippen molar-refractivity contribution in [1.82, 2.24) is 9.38 Å². The molecule has 0 amide bonds. The van der Waals surface area contributed by atoms with Gasteiger partial charge in [-0.05, 0) is 51.0 Å². The third kappa shape index (κ3) is 3.36. The van der Waals surface area contributed by atoms with Gasteiger partial charge >= 0.3 is 5.97 Å². The number of esters is 1. The maximum Gasteiger partial charge on any atom is 0.325 e. The van der Waals surface area contributed by atoms with Gasteiger partial charge in [0.15, 0.2) is 0 Å². The zero-order chi connectivity index (χ0) is 18.0. The summed E-state index contributed by atoms with van der Waals surface area (Å²) in [6, 6.07) is 12.3. The van der Waals surface area contributed by atoms with Crippen LogP contribution < -0.4 is 5.32 Å². The summed E-state index contributed by atoms with van der Waals surface area (Å²) < 4.78 is 7.09. The van der Waals surface area contributed by atoms with Crippen LogP contribution in [0.5, 0.6) is 0 Å². The molecular formula is C20H23N3O2. The predicted octanol–water partition coefficient (Wildman–Crippen LogP) is 3.90. The van der Waals surface area contributed by atoms with Crippen LogP contribution in [0.1, 0.15) is 23.7 Å². The van der Waals surface area contributed by atoms with Crippen molar-refractivity contribution in [3.05, 3.63) is 53.2 Å². The Bertz CT molecular complexity index is 928. The fraction of sp³-hybridized carbons (Fsp3) is 0.300. The van der Waals surface area contributed by atoms with E-state index in [0.29, 0.717) is 6.61 Å². The van der Waals surface area contributed by atoms with Crippen molar-refractivity contribution in [2.45, 2.75) is 27.7 Å². The highest BCUT2D eigenvalue weighted by Crippen LogP contribution is 2.32. The van der Waals surface area contributed by atoms with E-state index in [1.54, 1.807) is 6.92 Å². The molecule has 0 aliphatic carbocycles. The number of nitrogens with one attached hydrogen (secondary N) is 1. The number of hydrogen-bond donors (Lipinski definition) is 1. The normalized spacial score (nSPS) is 10.9. The lowest BCUT2D eigenvalue weighted by Gasteiger charge is -2.11. The zero-order valence-electron chi connectivity index (χ0n) is 15.1.